The van der Waals surface area contributed by atoms with Crippen LogP contribution in [-0.2, 0) is 17.8 Å². The van der Waals surface area contributed by atoms with E-state index in [0.29, 0.717) is 0 Å². The number of nitrogens with zero attached hydrogens (tertiary/aromatic N) is 1. The van der Waals surface area contributed by atoms with Crippen LogP contribution in [0.2, 0.25) is 0 Å². The van der Waals surface area contributed by atoms with Crippen LogP contribution in [0.1, 0.15) is 44.0 Å². The number of pyridine rings is 1. The van der Waals surface area contributed by atoms with Crippen LogP contribution in [-0.4, -0.2) is 16.5 Å². The maximum absolute atomic E-state index is 12.0. The lowest BCUT2D eigenvalue weighted by atomic mass is 9.91. The number of nitrogens with two attached hydrogens (primary N) is 1. The summed E-state index contributed by atoms with van der Waals surface area (Å²) in [7, 11) is 0. The molecule has 1 aliphatic carbocycles. The molecule has 0 radical (unpaired) electrons. The molecule has 104 valence electrons. The Labute approximate surface area is 112 Å². The molecule has 0 bridgehead atoms. The summed E-state index contributed by atoms with van der Waals surface area (Å²) in [6, 6.07) is 3.36. The average molecular weight is 263 g/mol. The first-order valence-corrected chi connectivity index (χ1v) is 6.76. The van der Waals surface area contributed by atoms with Crippen LogP contribution < -0.4 is 16.6 Å². The third-order valence-electron chi connectivity index (χ3n) is 3.41. The van der Waals surface area contributed by atoms with Gasteiger partial charge in [-0.25, -0.2) is 0 Å². The first-order chi connectivity index (χ1) is 8.99. The van der Waals surface area contributed by atoms with E-state index in [9.17, 15) is 9.59 Å². The first kappa shape index (κ1) is 13.8. The number of carbonyl (C=O) groups excluding carboxylic acids is 1. The Morgan fingerprint density at radius 2 is 2.26 bits per heavy atom. The molecule has 1 unspecified atom stereocenters. The number of nitrogens with one attached hydrogen (secondary N) is 1. The molecule has 3 N–H and O–H groups in total. The standard InChI is InChI=1S/C14H21N3O2/c1-9(2)16-13(18)8-17-12-5-3-4-11(15)10(12)6-7-14(17)19/h6-7,9,11H,3-5,8,15H2,1-2H3,(H,16,18). The molecule has 1 aromatic heterocycles. The zero-order valence-corrected chi connectivity index (χ0v) is 11.5. The Morgan fingerprint density at radius 1 is 1.53 bits per heavy atom. The molecule has 1 amide bonds. The summed E-state index contributed by atoms with van der Waals surface area (Å²) >= 11 is 0. The van der Waals surface area contributed by atoms with Crippen molar-refractivity contribution in [2.24, 2.45) is 5.73 Å². The summed E-state index contributed by atoms with van der Waals surface area (Å²) in [5.74, 6) is -0.135. The molecule has 0 saturated heterocycles. The van der Waals surface area contributed by atoms with Gasteiger partial charge >= 0.3 is 0 Å². The van der Waals surface area contributed by atoms with Crippen LogP contribution in [0.25, 0.3) is 0 Å². The van der Waals surface area contributed by atoms with Crippen LogP contribution >= 0.6 is 0 Å². The monoisotopic (exact) mass is 263 g/mol. The molecule has 5 heteroatoms. The maximum atomic E-state index is 12.0. The van der Waals surface area contributed by atoms with Gasteiger partial charge in [0.05, 0.1) is 0 Å². The van der Waals surface area contributed by atoms with Gasteiger partial charge in [0, 0.05) is 23.8 Å². The number of carbonyl (C=O) groups is 1. The number of fused-ring (bicyclic) bond motifs is 1. The second-order valence-electron chi connectivity index (χ2n) is 5.38. The molecule has 0 spiro atoms. The van der Waals surface area contributed by atoms with Gasteiger partial charge in [-0.2, -0.15) is 0 Å². The van der Waals surface area contributed by atoms with Gasteiger partial charge in [0.1, 0.15) is 6.54 Å². The second kappa shape index (κ2) is 5.57. The fraction of sp³-hybridized carbons (Fsp3) is 0.571. The predicted molar refractivity (Wildman–Crippen MR) is 73.8 cm³/mol. The fourth-order valence-corrected chi connectivity index (χ4v) is 2.58. The van der Waals surface area contributed by atoms with E-state index < -0.39 is 0 Å². The van der Waals surface area contributed by atoms with E-state index in [-0.39, 0.29) is 30.1 Å². The summed E-state index contributed by atoms with van der Waals surface area (Å²) < 4.78 is 1.56. The van der Waals surface area contributed by atoms with E-state index >= 15 is 0 Å². The minimum atomic E-state index is -0.135. The van der Waals surface area contributed by atoms with Crippen molar-refractivity contribution >= 4 is 5.91 Å². The van der Waals surface area contributed by atoms with Crippen LogP contribution in [0.4, 0.5) is 0 Å². The Kier molecular flexibility index (Phi) is 4.04. The van der Waals surface area contributed by atoms with Crippen molar-refractivity contribution in [2.75, 3.05) is 0 Å². The van der Waals surface area contributed by atoms with Gasteiger partial charge in [-0.05, 0) is 38.7 Å². The maximum Gasteiger partial charge on any atom is 0.251 e. The highest BCUT2D eigenvalue weighted by Crippen LogP contribution is 2.26. The molecule has 19 heavy (non-hydrogen) atoms. The Balaban J connectivity index is 2.32. The predicted octanol–water partition coefficient (Wildman–Crippen LogP) is 0.709. The van der Waals surface area contributed by atoms with E-state index in [1.807, 2.05) is 13.8 Å². The lowest BCUT2D eigenvalue weighted by Crippen LogP contribution is -2.38. The minimum Gasteiger partial charge on any atom is -0.352 e. The van der Waals surface area contributed by atoms with Gasteiger partial charge in [0.2, 0.25) is 5.91 Å². The van der Waals surface area contributed by atoms with Crippen molar-refractivity contribution in [3.8, 4) is 0 Å². The van der Waals surface area contributed by atoms with Gasteiger partial charge in [0.25, 0.3) is 5.56 Å². The molecule has 0 saturated carbocycles. The summed E-state index contributed by atoms with van der Waals surface area (Å²) in [5.41, 5.74) is 7.85. The van der Waals surface area contributed by atoms with Crippen molar-refractivity contribution in [1.82, 2.24) is 9.88 Å². The zero-order valence-electron chi connectivity index (χ0n) is 11.5. The number of rotatable bonds is 3. The van der Waals surface area contributed by atoms with E-state index in [4.69, 9.17) is 5.73 Å². The quantitative estimate of drug-likeness (QED) is 0.843. The molecule has 0 aromatic carbocycles. The third kappa shape index (κ3) is 3.04. The van der Waals surface area contributed by atoms with Crippen molar-refractivity contribution in [3.05, 3.63) is 33.7 Å². The third-order valence-corrected chi connectivity index (χ3v) is 3.41. The molecule has 2 rings (SSSR count). The van der Waals surface area contributed by atoms with Crippen molar-refractivity contribution < 1.29 is 4.79 Å². The SMILES string of the molecule is CC(C)NC(=O)Cn1c2c(ccc1=O)C(N)CCC2. The molecule has 1 aliphatic rings. The molecule has 1 aromatic rings. The molecular weight excluding hydrogens is 242 g/mol. The summed E-state index contributed by atoms with van der Waals surface area (Å²) in [6.07, 6.45) is 2.71. The molecule has 0 aliphatic heterocycles. The van der Waals surface area contributed by atoms with Crippen molar-refractivity contribution in [2.45, 2.75) is 51.7 Å². The fourth-order valence-electron chi connectivity index (χ4n) is 2.58. The van der Waals surface area contributed by atoms with E-state index in [2.05, 4.69) is 5.32 Å². The number of amides is 1. The largest absolute Gasteiger partial charge is 0.352 e. The molecule has 5 nitrogen and oxygen atoms in total. The average Bonchev–Trinajstić information content (AvgIpc) is 2.32. The van der Waals surface area contributed by atoms with E-state index in [1.54, 1.807) is 10.6 Å². The van der Waals surface area contributed by atoms with E-state index in [0.717, 1.165) is 30.5 Å². The smallest absolute Gasteiger partial charge is 0.251 e. The topological polar surface area (TPSA) is 77.1 Å². The highest BCUT2D eigenvalue weighted by molar-refractivity contribution is 5.76. The van der Waals surface area contributed by atoms with E-state index in [1.165, 1.54) is 6.07 Å². The number of aromatic nitrogens is 1. The second-order valence-corrected chi connectivity index (χ2v) is 5.38. The van der Waals surface area contributed by atoms with Crippen LogP contribution in [0.15, 0.2) is 16.9 Å². The van der Waals surface area contributed by atoms with Crippen LogP contribution in [0.3, 0.4) is 0 Å². The lowest BCUT2D eigenvalue weighted by Gasteiger charge is -2.25. The number of hydrogen-bond donors (Lipinski definition) is 2. The normalized spacial score (nSPS) is 18.2. The van der Waals surface area contributed by atoms with Crippen molar-refractivity contribution in [3.63, 3.8) is 0 Å². The molecule has 1 atom stereocenters. The van der Waals surface area contributed by atoms with Gasteiger partial charge in [-0.1, -0.05) is 6.07 Å². The summed E-state index contributed by atoms with van der Waals surface area (Å²) in [5, 5.41) is 2.81. The van der Waals surface area contributed by atoms with Crippen LogP contribution in [0.5, 0.6) is 0 Å². The Hall–Kier alpha value is -1.62. The van der Waals surface area contributed by atoms with Gasteiger partial charge in [-0.15, -0.1) is 0 Å². The highest BCUT2D eigenvalue weighted by atomic mass is 16.2. The highest BCUT2D eigenvalue weighted by Gasteiger charge is 2.21. The number of hydrogen-bond acceptors (Lipinski definition) is 3. The van der Waals surface area contributed by atoms with Crippen molar-refractivity contribution in [1.29, 1.82) is 0 Å². The van der Waals surface area contributed by atoms with Gasteiger partial charge < -0.3 is 15.6 Å². The lowest BCUT2D eigenvalue weighted by molar-refractivity contribution is -0.122. The van der Waals surface area contributed by atoms with Crippen LogP contribution in [0, 0.1) is 0 Å². The summed E-state index contributed by atoms with van der Waals surface area (Å²) in [4.78, 5) is 23.8. The summed E-state index contributed by atoms with van der Waals surface area (Å²) in [6.45, 7) is 3.88. The Bertz CT molecular complexity index is 534. The first-order valence-electron chi connectivity index (χ1n) is 6.76. The van der Waals surface area contributed by atoms with Gasteiger partial charge in [-0.3, -0.25) is 9.59 Å². The van der Waals surface area contributed by atoms with Gasteiger partial charge in [0.15, 0.2) is 0 Å². The molecule has 0 fully saturated rings. The molecular formula is C14H21N3O2. The Morgan fingerprint density at radius 3 is 2.95 bits per heavy atom. The minimum absolute atomic E-state index is 0.0243. The zero-order chi connectivity index (χ0) is 14.0. The molecule has 1 heterocycles.